The molecule has 0 saturated carbocycles. The van der Waals surface area contributed by atoms with E-state index < -0.39 is 32.0 Å². The van der Waals surface area contributed by atoms with E-state index in [2.05, 4.69) is 33.9 Å². The van der Waals surface area contributed by atoms with E-state index in [1.165, 1.54) is 0 Å². The number of hydrogen-bond acceptors (Lipinski definition) is 5. The van der Waals surface area contributed by atoms with Gasteiger partial charge in [0.25, 0.3) is 5.91 Å². The molecule has 0 spiro atoms. The molecule has 0 N–H and O–H groups in total. The Hall–Kier alpha value is -1.99. The number of carbonyl (C=O) groups is 3. The summed E-state index contributed by atoms with van der Waals surface area (Å²) in [5.74, 6) is -0.419. The van der Waals surface area contributed by atoms with Gasteiger partial charge in [-0.2, -0.15) is 0 Å². The summed E-state index contributed by atoms with van der Waals surface area (Å²) in [6.07, 6.45) is 0.437. The molecule has 0 aliphatic rings. The van der Waals surface area contributed by atoms with Crippen LogP contribution >= 0.6 is 0 Å². The van der Waals surface area contributed by atoms with Gasteiger partial charge in [0.05, 0.1) is 0 Å². The van der Waals surface area contributed by atoms with E-state index in [4.69, 9.17) is 9.16 Å². The van der Waals surface area contributed by atoms with Crippen LogP contribution < -0.4 is 0 Å². The van der Waals surface area contributed by atoms with Crippen molar-refractivity contribution in [3.63, 3.8) is 0 Å². The molecule has 30 heavy (non-hydrogen) atoms. The highest BCUT2D eigenvalue weighted by molar-refractivity contribution is 6.74. The second kappa shape index (κ2) is 10.4. The molecular weight excluding hydrogens is 398 g/mol. The first kappa shape index (κ1) is 26.0. The van der Waals surface area contributed by atoms with Gasteiger partial charge in [-0.1, -0.05) is 39.0 Å². The second-order valence-electron chi connectivity index (χ2n) is 10.00. The first-order valence-corrected chi connectivity index (χ1v) is 13.3. The Labute approximate surface area is 182 Å². The van der Waals surface area contributed by atoms with E-state index in [1.54, 1.807) is 45.0 Å². The average Bonchev–Trinajstić information content (AvgIpc) is 2.61. The summed E-state index contributed by atoms with van der Waals surface area (Å²) in [5.41, 5.74) is -0.309. The summed E-state index contributed by atoms with van der Waals surface area (Å²) in [5, 5.41) is -0.0138. The number of aldehydes is 1. The van der Waals surface area contributed by atoms with Crippen LogP contribution in [-0.4, -0.2) is 49.8 Å². The molecule has 0 aromatic heterocycles. The SMILES string of the molecule is CC(C)(C)OC(=O)N(CCC[C@@H](C=O)O[Si](C)(C)C(C)(C)C)C(=O)c1ccccc1. The minimum Gasteiger partial charge on any atom is -0.443 e. The molecule has 0 aliphatic heterocycles. The average molecular weight is 436 g/mol. The van der Waals surface area contributed by atoms with Crippen LogP contribution in [-0.2, 0) is 14.0 Å². The summed E-state index contributed by atoms with van der Waals surface area (Å²) in [6.45, 7) is 15.9. The number of nitrogens with zero attached hydrogens (tertiary/aromatic N) is 1. The molecule has 6 nitrogen and oxygen atoms in total. The second-order valence-corrected chi connectivity index (χ2v) is 14.8. The number of ether oxygens (including phenoxy) is 1. The van der Waals surface area contributed by atoms with Crippen LogP contribution in [0.2, 0.25) is 18.1 Å². The van der Waals surface area contributed by atoms with E-state index in [1.807, 2.05) is 6.07 Å². The molecule has 1 atom stereocenters. The van der Waals surface area contributed by atoms with Crippen LogP contribution in [0.5, 0.6) is 0 Å². The number of rotatable bonds is 8. The van der Waals surface area contributed by atoms with Gasteiger partial charge in [-0.05, 0) is 63.9 Å². The number of amides is 2. The monoisotopic (exact) mass is 435 g/mol. The maximum absolute atomic E-state index is 12.9. The van der Waals surface area contributed by atoms with Crippen molar-refractivity contribution >= 4 is 26.6 Å². The van der Waals surface area contributed by atoms with Crippen LogP contribution in [0.15, 0.2) is 30.3 Å². The third kappa shape index (κ3) is 8.03. The highest BCUT2D eigenvalue weighted by Crippen LogP contribution is 2.37. The summed E-state index contributed by atoms with van der Waals surface area (Å²) < 4.78 is 11.6. The Morgan fingerprint density at radius 1 is 1.07 bits per heavy atom. The van der Waals surface area contributed by atoms with Gasteiger partial charge in [0, 0.05) is 12.1 Å². The van der Waals surface area contributed by atoms with E-state index in [0.717, 1.165) is 11.2 Å². The molecular formula is C23H37NO5Si. The highest BCUT2D eigenvalue weighted by atomic mass is 28.4. The molecule has 2 amide bonds. The molecule has 0 unspecified atom stereocenters. The van der Waals surface area contributed by atoms with Crippen molar-refractivity contribution in [1.29, 1.82) is 0 Å². The quantitative estimate of drug-likeness (QED) is 0.402. The first-order valence-electron chi connectivity index (χ1n) is 10.4. The topological polar surface area (TPSA) is 72.9 Å². The van der Waals surface area contributed by atoms with Crippen molar-refractivity contribution in [3.8, 4) is 0 Å². The van der Waals surface area contributed by atoms with Gasteiger partial charge in [0.2, 0.25) is 0 Å². The van der Waals surface area contributed by atoms with Gasteiger partial charge < -0.3 is 14.0 Å². The van der Waals surface area contributed by atoms with Gasteiger partial charge in [-0.3, -0.25) is 4.79 Å². The lowest BCUT2D eigenvalue weighted by Crippen LogP contribution is -2.45. The Bertz CT molecular complexity index is 719. The number of imide groups is 1. The molecule has 1 rings (SSSR count). The van der Waals surface area contributed by atoms with Crippen molar-refractivity contribution in [2.24, 2.45) is 0 Å². The molecule has 7 heteroatoms. The number of hydrogen-bond donors (Lipinski definition) is 0. The van der Waals surface area contributed by atoms with Gasteiger partial charge >= 0.3 is 6.09 Å². The molecule has 0 saturated heterocycles. The van der Waals surface area contributed by atoms with Crippen molar-refractivity contribution in [2.75, 3.05) is 6.54 Å². The van der Waals surface area contributed by atoms with Crippen molar-refractivity contribution in [1.82, 2.24) is 4.90 Å². The summed E-state index contributed by atoms with van der Waals surface area (Å²) >= 11 is 0. The van der Waals surface area contributed by atoms with Crippen LogP contribution in [0, 0.1) is 0 Å². The largest absolute Gasteiger partial charge is 0.443 e. The molecule has 168 valence electrons. The lowest BCUT2D eigenvalue weighted by Gasteiger charge is -2.38. The minimum absolute atomic E-state index is 0.0138. The Morgan fingerprint density at radius 2 is 1.63 bits per heavy atom. The molecule has 0 heterocycles. The predicted molar refractivity (Wildman–Crippen MR) is 121 cm³/mol. The van der Waals surface area contributed by atoms with Crippen LogP contribution in [0.25, 0.3) is 0 Å². The molecule has 0 aliphatic carbocycles. The van der Waals surface area contributed by atoms with Gasteiger partial charge in [0.15, 0.2) is 8.32 Å². The molecule has 1 aromatic carbocycles. The van der Waals surface area contributed by atoms with Crippen LogP contribution in [0.1, 0.15) is 64.7 Å². The van der Waals surface area contributed by atoms with Gasteiger partial charge in [-0.15, -0.1) is 0 Å². The first-order chi connectivity index (χ1) is 13.7. The van der Waals surface area contributed by atoms with Crippen molar-refractivity contribution in [2.45, 2.75) is 84.2 Å². The fourth-order valence-electron chi connectivity index (χ4n) is 2.49. The molecule has 0 radical (unpaired) electrons. The van der Waals surface area contributed by atoms with E-state index in [9.17, 15) is 14.4 Å². The van der Waals surface area contributed by atoms with Crippen LogP contribution in [0.4, 0.5) is 4.79 Å². The lowest BCUT2D eigenvalue weighted by molar-refractivity contribution is -0.114. The summed E-state index contributed by atoms with van der Waals surface area (Å²) in [4.78, 5) is 38.3. The van der Waals surface area contributed by atoms with Crippen LogP contribution in [0.3, 0.4) is 0 Å². The lowest BCUT2D eigenvalue weighted by atomic mass is 10.1. The zero-order chi connectivity index (χ0) is 23.2. The molecule has 1 aromatic rings. The van der Waals surface area contributed by atoms with E-state index in [-0.39, 0.29) is 11.6 Å². The fourth-order valence-corrected chi connectivity index (χ4v) is 3.77. The molecule has 0 fully saturated rings. The minimum atomic E-state index is -2.10. The fraction of sp³-hybridized carbons (Fsp3) is 0.609. The Balaban J connectivity index is 2.88. The van der Waals surface area contributed by atoms with Crippen molar-refractivity contribution < 1.29 is 23.5 Å². The third-order valence-corrected chi connectivity index (χ3v) is 9.66. The Morgan fingerprint density at radius 3 is 2.10 bits per heavy atom. The summed E-state index contributed by atoms with van der Waals surface area (Å²) in [6, 6.07) is 8.62. The van der Waals surface area contributed by atoms with Gasteiger partial charge in [0.1, 0.15) is 18.0 Å². The summed E-state index contributed by atoms with van der Waals surface area (Å²) in [7, 11) is -2.10. The predicted octanol–water partition coefficient (Wildman–Crippen LogP) is 5.43. The highest BCUT2D eigenvalue weighted by Gasteiger charge is 2.39. The zero-order valence-corrected chi connectivity index (χ0v) is 20.7. The van der Waals surface area contributed by atoms with Gasteiger partial charge in [-0.25, -0.2) is 9.69 Å². The Kier molecular flexibility index (Phi) is 8.99. The van der Waals surface area contributed by atoms with E-state index >= 15 is 0 Å². The number of benzene rings is 1. The van der Waals surface area contributed by atoms with E-state index in [0.29, 0.717) is 18.4 Å². The third-order valence-electron chi connectivity index (χ3n) is 5.15. The normalized spacial score (nSPS) is 13.5. The smallest absolute Gasteiger partial charge is 0.417 e. The zero-order valence-electron chi connectivity index (χ0n) is 19.7. The maximum Gasteiger partial charge on any atom is 0.417 e. The number of carbonyl (C=O) groups excluding carboxylic acids is 3. The standard InChI is InChI=1S/C23H37NO5Si/c1-22(2,3)28-21(27)24(20(26)18-13-10-9-11-14-18)16-12-15-19(17-25)29-30(7,8)23(4,5)6/h9-11,13-14,17,19H,12,15-16H2,1-8H3/t19-/m0/s1. The maximum atomic E-state index is 12.9. The van der Waals surface area contributed by atoms with Crippen molar-refractivity contribution in [3.05, 3.63) is 35.9 Å². The molecule has 0 bridgehead atoms.